The van der Waals surface area contributed by atoms with Gasteiger partial charge in [0.1, 0.15) is 0 Å². The molecule has 0 saturated heterocycles. The van der Waals surface area contributed by atoms with E-state index in [1.165, 1.54) is 18.1 Å². The van der Waals surface area contributed by atoms with Gasteiger partial charge in [0.2, 0.25) is 5.91 Å². The molecular weight excluding hydrogens is 260 g/mol. The standard InChI is InChI=1S/C18H20N2O/c1-13(21)19-16-8-10-17(11-9-16)20-18-7-6-14-4-2-3-5-15(14)12-18/h2-5,8-11,18,20H,6-7,12H2,1H3,(H,19,21)/t18-/m0/s1. The molecule has 108 valence electrons. The summed E-state index contributed by atoms with van der Waals surface area (Å²) in [6.45, 7) is 1.52. The van der Waals surface area contributed by atoms with E-state index in [4.69, 9.17) is 0 Å². The summed E-state index contributed by atoms with van der Waals surface area (Å²) >= 11 is 0. The van der Waals surface area contributed by atoms with Crippen molar-refractivity contribution < 1.29 is 4.79 Å². The summed E-state index contributed by atoms with van der Waals surface area (Å²) in [7, 11) is 0. The lowest BCUT2D eigenvalue weighted by molar-refractivity contribution is -0.114. The van der Waals surface area contributed by atoms with Crippen molar-refractivity contribution in [3.63, 3.8) is 0 Å². The SMILES string of the molecule is CC(=O)Nc1ccc(N[C@H]2CCc3ccccc3C2)cc1. The van der Waals surface area contributed by atoms with Crippen molar-refractivity contribution in [2.45, 2.75) is 32.2 Å². The average molecular weight is 280 g/mol. The van der Waals surface area contributed by atoms with Crippen LogP contribution in [-0.2, 0) is 17.6 Å². The first-order valence-corrected chi connectivity index (χ1v) is 7.42. The first-order chi connectivity index (χ1) is 10.2. The Morgan fingerprint density at radius 1 is 1.00 bits per heavy atom. The second kappa shape index (κ2) is 6.00. The summed E-state index contributed by atoms with van der Waals surface area (Å²) < 4.78 is 0. The molecule has 0 aliphatic heterocycles. The first kappa shape index (κ1) is 13.7. The number of amides is 1. The van der Waals surface area contributed by atoms with Gasteiger partial charge in [0.05, 0.1) is 0 Å². The maximum absolute atomic E-state index is 11.0. The van der Waals surface area contributed by atoms with E-state index in [-0.39, 0.29) is 5.91 Å². The van der Waals surface area contributed by atoms with Gasteiger partial charge in [-0.15, -0.1) is 0 Å². The highest BCUT2D eigenvalue weighted by Crippen LogP contribution is 2.24. The topological polar surface area (TPSA) is 41.1 Å². The third-order valence-corrected chi connectivity index (χ3v) is 3.92. The molecule has 3 rings (SSSR count). The van der Waals surface area contributed by atoms with Crippen LogP contribution < -0.4 is 10.6 Å². The summed E-state index contributed by atoms with van der Waals surface area (Å²) in [6.07, 6.45) is 3.37. The van der Waals surface area contributed by atoms with Gasteiger partial charge in [-0.25, -0.2) is 0 Å². The van der Waals surface area contributed by atoms with Gasteiger partial charge in [0, 0.05) is 24.3 Å². The second-order valence-corrected chi connectivity index (χ2v) is 5.61. The molecule has 1 aliphatic rings. The third kappa shape index (κ3) is 3.43. The molecular formula is C18H20N2O. The maximum Gasteiger partial charge on any atom is 0.221 e. The van der Waals surface area contributed by atoms with Gasteiger partial charge in [0.15, 0.2) is 0 Å². The Labute approximate surface area is 125 Å². The number of aryl methyl sites for hydroxylation is 1. The molecule has 0 radical (unpaired) electrons. The molecule has 1 aliphatic carbocycles. The van der Waals surface area contributed by atoms with E-state index in [0.29, 0.717) is 6.04 Å². The Morgan fingerprint density at radius 2 is 1.67 bits per heavy atom. The van der Waals surface area contributed by atoms with E-state index in [0.717, 1.165) is 30.6 Å². The van der Waals surface area contributed by atoms with Crippen LogP contribution >= 0.6 is 0 Å². The lowest BCUT2D eigenvalue weighted by atomic mass is 9.88. The van der Waals surface area contributed by atoms with E-state index >= 15 is 0 Å². The van der Waals surface area contributed by atoms with Crippen LogP contribution in [0.3, 0.4) is 0 Å². The zero-order valence-corrected chi connectivity index (χ0v) is 12.2. The highest BCUT2D eigenvalue weighted by atomic mass is 16.1. The summed E-state index contributed by atoms with van der Waals surface area (Å²) in [5, 5.41) is 6.37. The third-order valence-electron chi connectivity index (χ3n) is 3.92. The number of anilines is 2. The predicted octanol–water partition coefficient (Wildman–Crippen LogP) is 3.61. The molecule has 0 bridgehead atoms. The zero-order valence-electron chi connectivity index (χ0n) is 12.2. The summed E-state index contributed by atoms with van der Waals surface area (Å²) in [4.78, 5) is 11.0. The predicted molar refractivity (Wildman–Crippen MR) is 86.6 cm³/mol. The minimum atomic E-state index is -0.0420. The normalized spacial score (nSPS) is 16.9. The van der Waals surface area contributed by atoms with Gasteiger partial charge in [-0.05, 0) is 54.7 Å². The minimum absolute atomic E-state index is 0.0420. The molecule has 21 heavy (non-hydrogen) atoms. The first-order valence-electron chi connectivity index (χ1n) is 7.42. The zero-order chi connectivity index (χ0) is 14.7. The van der Waals surface area contributed by atoms with Crippen molar-refractivity contribution in [2.75, 3.05) is 10.6 Å². The maximum atomic E-state index is 11.0. The van der Waals surface area contributed by atoms with Gasteiger partial charge < -0.3 is 10.6 Å². The smallest absolute Gasteiger partial charge is 0.221 e. The number of hydrogen-bond donors (Lipinski definition) is 2. The number of nitrogens with one attached hydrogen (secondary N) is 2. The van der Waals surface area contributed by atoms with E-state index in [9.17, 15) is 4.79 Å². The number of rotatable bonds is 3. The minimum Gasteiger partial charge on any atom is -0.382 e. The molecule has 0 unspecified atom stereocenters. The Hall–Kier alpha value is -2.29. The van der Waals surface area contributed by atoms with Crippen LogP contribution in [0.1, 0.15) is 24.5 Å². The van der Waals surface area contributed by atoms with Crippen LogP contribution in [0.15, 0.2) is 48.5 Å². The van der Waals surface area contributed by atoms with Crippen LogP contribution in [0, 0.1) is 0 Å². The number of benzene rings is 2. The fraction of sp³-hybridized carbons (Fsp3) is 0.278. The van der Waals surface area contributed by atoms with Crippen molar-refractivity contribution in [3.8, 4) is 0 Å². The number of fused-ring (bicyclic) bond motifs is 1. The van der Waals surface area contributed by atoms with Crippen LogP contribution in [0.5, 0.6) is 0 Å². The molecule has 0 spiro atoms. The largest absolute Gasteiger partial charge is 0.382 e. The molecule has 3 nitrogen and oxygen atoms in total. The summed E-state index contributed by atoms with van der Waals surface area (Å²) in [5.41, 5.74) is 4.88. The monoisotopic (exact) mass is 280 g/mol. The van der Waals surface area contributed by atoms with Crippen molar-refractivity contribution in [3.05, 3.63) is 59.7 Å². The molecule has 0 heterocycles. The molecule has 0 fully saturated rings. The van der Waals surface area contributed by atoms with Gasteiger partial charge in [0.25, 0.3) is 0 Å². The van der Waals surface area contributed by atoms with E-state index in [2.05, 4.69) is 34.9 Å². The van der Waals surface area contributed by atoms with Gasteiger partial charge >= 0.3 is 0 Å². The molecule has 1 atom stereocenters. The molecule has 1 amide bonds. The number of carbonyl (C=O) groups excluding carboxylic acids is 1. The van der Waals surface area contributed by atoms with Gasteiger partial charge in [-0.2, -0.15) is 0 Å². The molecule has 2 aromatic rings. The average Bonchev–Trinajstić information content (AvgIpc) is 2.49. The number of carbonyl (C=O) groups is 1. The molecule has 0 saturated carbocycles. The summed E-state index contributed by atoms with van der Waals surface area (Å²) in [5.74, 6) is -0.0420. The Kier molecular flexibility index (Phi) is 3.91. The lowest BCUT2D eigenvalue weighted by Crippen LogP contribution is -2.27. The molecule has 3 heteroatoms. The highest BCUT2D eigenvalue weighted by molar-refractivity contribution is 5.88. The van der Waals surface area contributed by atoms with Crippen LogP contribution in [-0.4, -0.2) is 11.9 Å². The van der Waals surface area contributed by atoms with Gasteiger partial charge in [-0.1, -0.05) is 24.3 Å². The van der Waals surface area contributed by atoms with Crippen LogP contribution in [0.4, 0.5) is 11.4 Å². The lowest BCUT2D eigenvalue weighted by Gasteiger charge is -2.26. The Bertz CT molecular complexity index is 634. The van der Waals surface area contributed by atoms with E-state index in [1.54, 1.807) is 0 Å². The van der Waals surface area contributed by atoms with Gasteiger partial charge in [-0.3, -0.25) is 4.79 Å². The number of hydrogen-bond acceptors (Lipinski definition) is 2. The van der Waals surface area contributed by atoms with Crippen molar-refractivity contribution in [2.24, 2.45) is 0 Å². The van der Waals surface area contributed by atoms with Crippen LogP contribution in [0.2, 0.25) is 0 Å². The quantitative estimate of drug-likeness (QED) is 0.901. The van der Waals surface area contributed by atoms with Crippen molar-refractivity contribution in [1.82, 2.24) is 0 Å². The van der Waals surface area contributed by atoms with E-state index in [1.807, 2.05) is 24.3 Å². The Balaban J connectivity index is 1.64. The highest BCUT2D eigenvalue weighted by Gasteiger charge is 2.17. The second-order valence-electron chi connectivity index (χ2n) is 5.61. The summed E-state index contributed by atoms with van der Waals surface area (Å²) in [6, 6.07) is 17.1. The van der Waals surface area contributed by atoms with Crippen molar-refractivity contribution >= 4 is 17.3 Å². The Morgan fingerprint density at radius 3 is 2.38 bits per heavy atom. The van der Waals surface area contributed by atoms with Crippen LogP contribution in [0.25, 0.3) is 0 Å². The van der Waals surface area contributed by atoms with E-state index < -0.39 is 0 Å². The molecule has 2 N–H and O–H groups in total. The molecule has 2 aromatic carbocycles. The molecule has 0 aromatic heterocycles. The van der Waals surface area contributed by atoms with Crippen molar-refractivity contribution in [1.29, 1.82) is 0 Å². The fourth-order valence-electron chi connectivity index (χ4n) is 2.91. The fourth-order valence-corrected chi connectivity index (χ4v) is 2.91.